The number of anilines is 1. The number of carbonyl (C=O) groups is 2. The average molecular weight is 421 g/mol. The molecule has 1 amide bonds. The molecule has 0 fully saturated rings. The van der Waals surface area contributed by atoms with E-state index >= 15 is 0 Å². The summed E-state index contributed by atoms with van der Waals surface area (Å²) >= 11 is 0. The van der Waals surface area contributed by atoms with E-state index < -0.39 is 11.8 Å². The van der Waals surface area contributed by atoms with Gasteiger partial charge in [0.25, 0.3) is 0 Å². The number of para-hydroxylation sites is 1. The molecule has 0 saturated heterocycles. The molecular weight excluding hydrogens is 396 g/mol. The van der Waals surface area contributed by atoms with Gasteiger partial charge in [-0.3, -0.25) is 4.79 Å². The predicted molar refractivity (Wildman–Crippen MR) is 106 cm³/mol. The second kappa shape index (κ2) is 10.9. The molecule has 2 aromatic carbocycles. The van der Waals surface area contributed by atoms with Gasteiger partial charge in [-0.25, -0.2) is 4.39 Å². The normalized spacial score (nSPS) is 12.9. The Morgan fingerprint density at radius 1 is 1.23 bits per heavy atom. The van der Waals surface area contributed by atoms with Crippen molar-refractivity contribution in [2.75, 3.05) is 11.4 Å². The minimum atomic E-state index is -1.20. The van der Waals surface area contributed by atoms with Crippen LogP contribution in [0.1, 0.15) is 43.4 Å². The molecule has 7 heteroatoms. The van der Waals surface area contributed by atoms with Crippen LogP contribution in [0.5, 0.6) is 5.75 Å². The smallest absolute Gasteiger partial charge is 0.550 e. The van der Waals surface area contributed by atoms with Gasteiger partial charge in [-0.2, -0.15) is 0 Å². The number of nitrogens with zero attached hydrogens (tertiary/aromatic N) is 1. The zero-order valence-corrected chi connectivity index (χ0v) is 19.7. The molecule has 0 radical (unpaired) electrons. The Kier molecular flexibility index (Phi) is 8.89. The summed E-state index contributed by atoms with van der Waals surface area (Å²) in [5, 5.41) is 10.6. The van der Waals surface area contributed by atoms with Gasteiger partial charge in [0.1, 0.15) is 18.2 Å². The number of carbonyl (C=O) groups excluding carboxylic acids is 2. The van der Waals surface area contributed by atoms with Crippen LogP contribution in [0.3, 0.4) is 0 Å². The first-order valence-corrected chi connectivity index (χ1v) is 9.90. The van der Waals surface area contributed by atoms with E-state index in [1.165, 1.54) is 6.07 Å². The Morgan fingerprint density at radius 3 is 2.67 bits per heavy atom. The van der Waals surface area contributed by atoms with Crippen molar-refractivity contribution in [3.05, 3.63) is 58.9 Å². The third-order valence-corrected chi connectivity index (χ3v) is 5.05. The van der Waals surface area contributed by atoms with E-state index in [-0.39, 0.29) is 60.8 Å². The van der Waals surface area contributed by atoms with Crippen molar-refractivity contribution in [2.45, 2.75) is 46.1 Å². The van der Waals surface area contributed by atoms with Crippen molar-refractivity contribution < 1.29 is 53.4 Å². The first-order valence-electron chi connectivity index (χ1n) is 9.90. The molecule has 154 valence electrons. The molecule has 0 unspecified atom stereocenters. The molecule has 1 aliphatic rings. The first-order chi connectivity index (χ1) is 13.9. The number of rotatable bonds is 7. The second-order valence-corrected chi connectivity index (χ2v) is 7.60. The molecule has 0 spiro atoms. The van der Waals surface area contributed by atoms with Crippen LogP contribution in [0.4, 0.5) is 10.1 Å². The van der Waals surface area contributed by atoms with Crippen LogP contribution in [0.15, 0.2) is 36.4 Å². The Labute approximate surface area is 198 Å². The number of carboxylic acid groups (broad SMARTS) is 1. The zero-order valence-electron chi connectivity index (χ0n) is 17.7. The van der Waals surface area contributed by atoms with Gasteiger partial charge in [-0.15, -0.1) is 0 Å². The van der Waals surface area contributed by atoms with Crippen LogP contribution in [0, 0.1) is 11.7 Å². The van der Waals surface area contributed by atoms with Gasteiger partial charge in [0.2, 0.25) is 5.91 Å². The summed E-state index contributed by atoms with van der Waals surface area (Å²) < 4.78 is 20.2. The van der Waals surface area contributed by atoms with Crippen LogP contribution >= 0.6 is 0 Å². The zero-order chi connectivity index (χ0) is 21.0. The molecule has 1 aliphatic heterocycles. The molecule has 0 atom stereocenters. The summed E-state index contributed by atoms with van der Waals surface area (Å²) in [7, 11) is 0. The summed E-state index contributed by atoms with van der Waals surface area (Å²) in [6, 6.07) is 10.4. The fourth-order valence-corrected chi connectivity index (χ4v) is 3.54. The maximum absolute atomic E-state index is 14.2. The van der Waals surface area contributed by atoms with E-state index in [0.29, 0.717) is 23.4 Å². The van der Waals surface area contributed by atoms with Gasteiger partial charge < -0.3 is 19.5 Å². The van der Waals surface area contributed by atoms with Gasteiger partial charge in [0.05, 0.1) is 5.69 Å². The number of aryl methyl sites for hydroxylation is 2. The van der Waals surface area contributed by atoms with Crippen LogP contribution in [-0.2, 0) is 29.0 Å². The standard InChI is InChI=1S/C23H26FNO4.Na/c1-15(2)23(28)25-12-4-6-18-5-3-7-20(22(18)25)29-14-16-8-9-17(19(24)13-16)10-11-21(26)27;/h3,5,7-9,13,15H,4,6,10-12,14H2,1-2H3,(H,26,27);/q;+1/p-1. The monoisotopic (exact) mass is 421 g/mol. The van der Waals surface area contributed by atoms with Crippen molar-refractivity contribution in [3.63, 3.8) is 0 Å². The minimum absolute atomic E-state index is 0. The Bertz CT molecular complexity index is 916. The van der Waals surface area contributed by atoms with Gasteiger partial charge in [0, 0.05) is 18.4 Å². The number of carboxylic acids is 1. The van der Waals surface area contributed by atoms with Crippen molar-refractivity contribution in [1.29, 1.82) is 0 Å². The molecule has 0 N–H and O–H groups in total. The molecular formula is C23H25FNNaO4. The average Bonchev–Trinajstić information content (AvgIpc) is 2.70. The molecule has 2 aromatic rings. The topological polar surface area (TPSA) is 69.7 Å². The van der Waals surface area contributed by atoms with E-state index in [4.69, 9.17) is 4.74 Å². The molecule has 5 nitrogen and oxygen atoms in total. The van der Waals surface area contributed by atoms with Gasteiger partial charge in [0.15, 0.2) is 0 Å². The number of hydrogen-bond acceptors (Lipinski definition) is 4. The van der Waals surface area contributed by atoms with Gasteiger partial charge in [-0.1, -0.05) is 38.1 Å². The summed E-state index contributed by atoms with van der Waals surface area (Å²) in [4.78, 5) is 25.0. The number of amides is 1. The Hall–Kier alpha value is -1.89. The molecule has 0 aliphatic carbocycles. The number of aliphatic carboxylic acids is 1. The molecule has 0 bridgehead atoms. The number of benzene rings is 2. The molecule has 1 heterocycles. The SMILES string of the molecule is CC(C)C(=O)N1CCCc2cccc(OCc3ccc(CCC(=O)[O-])c(F)c3)c21.[Na+]. The van der Waals surface area contributed by atoms with Crippen LogP contribution < -0.4 is 44.3 Å². The van der Waals surface area contributed by atoms with Crippen molar-refractivity contribution in [2.24, 2.45) is 5.92 Å². The van der Waals surface area contributed by atoms with E-state index in [1.54, 1.807) is 17.0 Å². The molecule has 0 aromatic heterocycles. The summed E-state index contributed by atoms with van der Waals surface area (Å²) in [6.45, 7) is 4.57. The number of hydrogen-bond donors (Lipinski definition) is 0. The summed E-state index contributed by atoms with van der Waals surface area (Å²) in [5.41, 5.74) is 2.86. The van der Waals surface area contributed by atoms with Crippen LogP contribution in [-0.4, -0.2) is 18.4 Å². The number of fused-ring (bicyclic) bond motifs is 1. The second-order valence-electron chi connectivity index (χ2n) is 7.60. The van der Waals surface area contributed by atoms with Crippen LogP contribution in [0.25, 0.3) is 0 Å². The van der Waals surface area contributed by atoms with Gasteiger partial charge in [-0.05, 0) is 54.5 Å². The first kappa shape index (κ1) is 24.4. The Balaban J connectivity index is 0.00000320. The maximum atomic E-state index is 14.2. The minimum Gasteiger partial charge on any atom is -0.550 e. The van der Waals surface area contributed by atoms with E-state index in [1.807, 2.05) is 32.0 Å². The fourth-order valence-electron chi connectivity index (χ4n) is 3.54. The van der Waals surface area contributed by atoms with E-state index in [0.717, 1.165) is 24.1 Å². The quantitative estimate of drug-likeness (QED) is 0.592. The molecule has 30 heavy (non-hydrogen) atoms. The van der Waals surface area contributed by atoms with Crippen molar-refractivity contribution in [3.8, 4) is 5.75 Å². The van der Waals surface area contributed by atoms with Gasteiger partial charge >= 0.3 is 29.6 Å². The third kappa shape index (κ3) is 5.84. The van der Waals surface area contributed by atoms with E-state index in [9.17, 15) is 19.1 Å². The summed E-state index contributed by atoms with van der Waals surface area (Å²) in [5.74, 6) is -1.11. The van der Waals surface area contributed by atoms with Crippen molar-refractivity contribution >= 4 is 17.6 Å². The molecule has 0 saturated carbocycles. The van der Waals surface area contributed by atoms with E-state index in [2.05, 4.69) is 0 Å². The molecule has 3 rings (SSSR count). The largest absolute Gasteiger partial charge is 1.00 e. The van der Waals surface area contributed by atoms with Crippen molar-refractivity contribution in [1.82, 2.24) is 0 Å². The fraction of sp³-hybridized carbons (Fsp3) is 0.391. The van der Waals surface area contributed by atoms with Crippen LogP contribution in [0.2, 0.25) is 0 Å². The Morgan fingerprint density at radius 2 is 2.00 bits per heavy atom. The predicted octanol–water partition coefficient (Wildman–Crippen LogP) is 0.0264. The maximum Gasteiger partial charge on any atom is 1.00 e. The number of halogens is 1. The summed E-state index contributed by atoms with van der Waals surface area (Å²) in [6.07, 6.45) is 1.67. The third-order valence-electron chi connectivity index (χ3n) is 5.05. The number of ether oxygens (including phenoxy) is 1.